The number of aromatic nitrogens is 1. The van der Waals surface area contributed by atoms with Crippen molar-refractivity contribution in [3.05, 3.63) is 33.8 Å². The summed E-state index contributed by atoms with van der Waals surface area (Å²) >= 11 is 5.87. The zero-order valence-corrected chi connectivity index (χ0v) is 13.0. The monoisotopic (exact) mass is 311 g/mol. The van der Waals surface area contributed by atoms with Crippen molar-refractivity contribution < 1.29 is 9.21 Å². The highest BCUT2D eigenvalue weighted by atomic mass is 35.5. The van der Waals surface area contributed by atoms with Crippen molar-refractivity contribution in [2.24, 2.45) is 0 Å². The molecule has 0 bridgehead atoms. The van der Waals surface area contributed by atoms with Gasteiger partial charge >= 0.3 is 5.76 Å². The zero-order chi connectivity index (χ0) is 15.6. The third-order valence-electron chi connectivity index (χ3n) is 2.88. The van der Waals surface area contributed by atoms with E-state index in [1.54, 1.807) is 30.1 Å². The summed E-state index contributed by atoms with van der Waals surface area (Å²) in [5.74, 6) is -0.556. The average molecular weight is 312 g/mol. The molecule has 21 heavy (non-hydrogen) atoms. The number of oxazole rings is 1. The van der Waals surface area contributed by atoms with Crippen molar-refractivity contribution in [2.75, 3.05) is 13.6 Å². The van der Waals surface area contributed by atoms with Gasteiger partial charge in [-0.2, -0.15) is 0 Å². The lowest BCUT2D eigenvalue weighted by Gasteiger charge is -2.17. The molecular weight excluding hydrogens is 294 g/mol. The Hall–Kier alpha value is -1.79. The highest BCUT2D eigenvalue weighted by molar-refractivity contribution is 6.31. The van der Waals surface area contributed by atoms with E-state index in [9.17, 15) is 9.59 Å². The van der Waals surface area contributed by atoms with Crippen molar-refractivity contribution in [1.29, 1.82) is 0 Å². The lowest BCUT2D eigenvalue weighted by atomic mass is 10.3. The maximum atomic E-state index is 11.9. The Morgan fingerprint density at radius 2 is 2.19 bits per heavy atom. The van der Waals surface area contributed by atoms with Crippen LogP contribution in [0.1, 0.15) is 13.8 Å². The van der Waals surface area contributed by atoms with Crippen LogP contribution in [-0.4, -0.2) is 35.0 Å². The second-order valence-electron chi connectivity index (χ2n) is 5.29. The molecule has 0 aliphatic heterocycles. The first-order valence-corrected chi connectivity index (χ1v) is 7.01. The van der Waals surface area contributed by atoms with Crippen molar-refractivity contribution in [1.82, 2.24) is 14.8 Å². The molecule has 1 heterocycles. The summed E-state index contributed by atoms with van der Waals surface area (Å²) in [6, 6.07) is 5.11. The first-order chi connectivity index (χ1) is 9.86. The van der Waals surface area contributed by atoms with Crippen LogP contribution in [-0.2, 0) is 11.5 Å². The van der Waals surface area contributed by atoms with Crippen LogP contribution in [0.2, 0.25) is 5.02 Å². The number of carbonyl (C=O) groups is 1. The summed E-state index contributed by atoms with van der Waals surface area (Å²) in [5.41, 5.74) is 1.09. The SMILES string of the molecule is CC(C)NC(=O)CN(C)Cn1c(=O)oc2cc(Cl)ccc21. The Bertz CT molecular complexity index is 705. The maximum Gasteiger partial charge on any atom is 0.421 e. The van der Waals surface area contributed by atoms with E-state index >= 15 is 0 Å². The van der Waals surface area contributed by atoms with E-state index in [-0.39, 0.29) is 25.2 Å². The highest BCUT2D eigenvalue weighted by Gasteiger charge is 2.13. The fourth-order valence-corrected chi connectivity index (χ4v) is 2.24. The molecule has 1 aromatic heterocycles. The van der Waals surface area contributed by atoms with Gasteiger partial charge < -0.3 is 9.73 Å². The predicted octanol–water partition coefficient (Wildman–Crippen LogP) is 1.66. The van der Waals surface area contributed by atoms with Gasteiger partial charge in [0.05, 0.1) is 18.7 Å². The molecule has 0 spiro atoms. The molecule has 6 nitrogen and oxygen atoms in total. The summed E-state index contributed by atoms with van der Waals surface area (Å²) in [7, 11) is 1.76. The fraction of sp³-hybridized carbons (Fsp3) is 0.429. The second-order valence-corrected chi connectivity index (χ2v) is 5.72. The number of hydrogen-bond donors (Lipinski definition) is 1. The zero-order valence-electron chi connectivity index (χ0n) is 12.2. The topological polar surface area (TPSA) is 67.5 Å². The number of halogens is 1. The molecule has 0 aliphatic rings. The number of amides is 1. The number of carbonyl (C=O) groups excluding carboxylic acids is 1. The van der Waals surface area contributed by atoms with Crippen molar-refractivity contribution in [3.8, 4) is 0 Å². The molecular formula is C14H18ClN3O3. The van der Waals surface area contributed by atoms with E-state index in [1.807, 2.05) is 13.8 Å². The van der Waals surface area contributed by atoms with Crippen LogP contribution in [0.5, 0.6) is 0 Å². The Morgan fingerprint density at radius 3 is 2.86 bits per heavy atom. The van der Waals surface area contributed by atoms with Crippen LogP contribution < -0.4 is 11.1 Å². The molecule has 1 amide bonds. The Morgan fingerprint density at radius 1 is 1.48 bits per heavy atom. The minimum atomic E-state index is -0.469. The number of benzene rings is 1. The van der Waals surface area contributed by atoms with Crippen LogP contribution in [0.15, 0.2) is 27.4 Å². The first-order valence-electron chi connectivity index (χ1n) is 6.63. The largest absolute Gasteiger partial charge is 0.421 e. The molecule has 0 aliphatic carbocycles. The van der Waals surface area contributed by atoms with Gasteiger partial charge in [-0.1, -0.05) is 11.6 Å². The van der Waals surface area contributed by atoms with Crippen molar-refractivity contribution >= 4 is 28.6 Å². The van der Waals surface area contributed by atoms with E-state index in [4.69, 9.17) is 16.0 Å². The molecule has 2 aromatic rings. The maximum absolute atomic E-state index is 11.9. The van der Waals surface area contributed by atoms with Crippen LogP contribution in [0, 0.1) is 0 Å². The molecule has 0 radical (unpaired) electrons. The molecule has 114 valence electrons. The Kier molecular flexibility index (Phi) is 4.69. The molecule has 0 atom stereocenters. The minimum absolute atomic E-state index is 0.0867. The average Bonchev–Trinajstić information content (AvgIpc) is 2.63. The van der Waals surface area contributed by atoms with E-state index < -0.39 is 5.76 Å². The summed E-state index contributed by atoms with van der Waals surface area (Å²) in [6.07, 6.45) is 0. The summed E-state index contributed by atoms with van der Waals surface area (Å²) in [4.78, 5) is 25.3. The van der Waals surface area contributed by atoms with Gasteiger partial charge in [-0.15, -0.1) is 0 Å². The van der Waals surface area contributed by atoms with Crippen molar-refractivity contribution in [3.63, 3.8) is 0 Å². The van der Waals surface area contributed by atoms with Crippen molar-refractivity contribution in [2.45, 2.75) is 26.6 Å². The summed E-state index contributed by atoms with van der Waals surface area (Å²) in [6.45, 7) is 4.26. The lowest BCUT2D eigenvalue weighted by Crippen LogP contribution is -2.40. The predicted molar refractivity (Wildman–Crippen MR) is 81.4 cm³/mol. The number of nitrogens with one attached hydrogen (secondary N) is 1. The minimum Gasteiger partial charge on any atom is -0.408 e. The van der Waals surface area contributed by atoms with Gasteiger partial charge in [-0.05, 0) is 33.0 Å². The molecule has 0 saturated heterocycles. The van der Waals surface area contributed by atoms with Gasteiger partial charge in [0.15, 0.2) is 5.58 Å². The highest BCUT2D eigenvalue weighted by Crippen LogP contribution is 2.18. The number of fused-ring (bicyclic) bond motifs is 1. The normalized spacial score (nSPS) is 11.5. The molecule has 0 unspecified atom stereocenters. The van der Waals surface area contributed by atoms with Gasteiger partial charge in [0.25, 0.3) is 0 Å². The summed E-state index contributed by atoms with van der Waals surface area (Å²) < 4.78 is 6.61. The number of nitrogens with zero attached hydrogens (tertiary/aromatic N) is 2. The van der Waals surface area contributed by atoms with Gasteiger partial charge in [-0.25, -0.2) is 4.79 Å². The molecule has 2 rings (SSSR count). The van der Waals surface area contributed by atoms with E-state index in [0.29, 0.717) is 16.1 Å². The van der Waals surface area contributed by atoms with Crippen LogP contribution in [0.4, 0.5) is 0 Å². The van der Waals surface area contributed by atoms with E-state index in [0.717, 1.165) is 0 Å². The van der Waals surface area contributed by atoms with Gasteiger partial charge in [0.2, 0.25) is 5.91 Å². The standard InChI is InChI=1S/C14H18ClN3O3/c1-9(2)16-13(19)7-17(3)8-18-11-5-4-10(15)6-12(11)21-14(18)20/h4-6,9H,7-8H2,1-3H3,(H,16,19). The third-order valence-corrected chi connectivity index (χ3v) is 3.11. The molecule has 1 N–H and O–H groups in total. The fourth-order valence-electron chi connectivity index (χ4n) is 2.08. The third kappa shape index (κ3) is 3.86. The lowest BCUT2D eigenvalue weighted by molar-refractivity contribution is -0.122. The summed E-state index contributed by atoms with van der Waals surface area (Å²) in [5, 5.41) is 3.31. The molecule has 0 fully saturated rings. The molecule has 0 saturated carbocycles. The van der Waals surface area contributed by atoms with E-state index in [1.165, 1.54) is 4.57 Å². The van der Waals surface area contributed by atoms with Crippen LogP contribution in [0.25, 0.3) is 11.1 Å². The molecule has 1 aromatic carbocycles. The Balaban J connectivity index is 2.14. The van der Waals surface area contributed by atoms with E-state index in [2.05, 4.69) is 5.32 Å². The van der Waals surface area contributed by atoms with Gasteiger partial charge in [0.1, 0.15) is 0 Å². The van der Waals surface area contributed by atoms with Gasteiger partial charge in [0, 0.05) is 17.1 Å². The number of likely N-dealkylation sites (N-methyl/N-ethyl adjacent to an activating group) is 1. The number of rotatable bonds is 5. The first kappa shape index (κ1) is 15.6. The molecule has 7 heteroatoms. The smallest absolute Gasteiger partial charge is 0.408 e. The van der Waals surface area contributed by atoms with Crippen LogP contribution in [0.3, 0.4) is 0 Å². The Labute approximate surface area is 127 Å². The second kappa shape index (κ2) is 6.32. The van der Waals surface area contributed by atoms with Crippen LogP contribution >= 0.6 is 11.6 Å². The number of hydrogen-bond acceptors (Lipinski definition) is 4. The van der Waals surface area contributed by atoms with Gasteiger partial charge in [-0.3, -0.25) is 14.3 Å². The quantitative estimate of drug-likeness (QED) is 0.912.